The molecule has 5 heteroatoms. The lowest BCUT2D eigenvalue weighted by Gasteiger charge is -2.19. The Hall–Kier alpha value is -1.10. The van der Waals surface area contributed by atoms with Gasteiger partial charge in [-0.25, -0.2) is 0 Å². The fourth-order valence-corrected chi connectivity index (χ4v) is 1.87. The van der Waals surface area contributed by atoms with Crippen LogP contribution in [0.4, 0.5) is 0 Å². The lowest BCUT2D eigenvalue weighted by Crippen LogP contribution is -2.31. The zero-order chi connectivity index (χ0) is 15.2. The Morgan fingerprint density at radius 2 is 1.86 bits per heavy atom. The topological polar surface area (TPSA) is 64.3 Å². The molecule has 4 nitrogen and oxygen atoms in total. The van der Waals surface area contributed by atoms with Crippen molar-refractivity contribution in [1.82, 2.24) is 5.32 Å². The highest BCUT2D eigenvalue weighted by Gasteiger charge is 2.13. The molecule has 0 aromatic heterocycles. The van der Waals surface area contributed by atoms with Crippen molar-refractivity contribution >= 4 is 18.3 Å². The van der Waals surface area contributed by atoms with Crippen molar-refractivity contribution in [3.05, 3.63) is 35.4 Å². The molecule has 120 valence electrons. The number of ether oxygens (including phenoxy) is 1. The van der Waals surface area contributed by atoms with E-state index in [1.54, 1.807) is 7.11 Å². The number of hydrogen-bond acceptors (Lipinski definition) is 3. The number of methoxy groups -OCH3 is 1. The van der Waals surface area contributed by atoms with Gasteiger partial charge in [-0.3, -0.25) is 4.79 Å². The largest absolute Gasteiger partial charge is 0.380 e. The second kappa shape index (κ2) is 9.03. The second-order valence-electron chi connectivity index (χ2n) is 6.02. The Kier molecular flexibility index (Phi) is 8.55. The van der Waals surface area contributed by atoms with Crippen LogP contribution in [0.25, 0.3) is 0 Å². The molecule has 0 aliphatic carbocycles. The van der Waals surface area contributed by atoms with Crippen LogP contribution in [0, 0.1) is 0 Å². The number of hydrogen-bond donors (Lipinski definition) is 2. The average molecular weight is 315 g/mol. The number of rotatable bonds is 6. The first kappa shape index (κ1) is 19.9. The monoisotopic (exact) mass is 314 g/mol. The molecule has 0 aliphatic rings. The van der Waals surface area contributed by atoms with Gasteiger partial charge in [0.05, 0.1) is 12.5 Å². The van der Waals surface area contributed by atoms with Crippen LogP contribution in [0.5, 0.6) is 0 Å². The Bertz CT molecular complexity index is 423. The molecule has 1 atom stereocenters. The quantitative estimate of drug-likeness (QED) is 0.847. The maximum absolute atomic E-state index is 11.7. The van der Waals surface area contributed by atoms with Crippen molar-refractivity contribution in [3.63, 3.8) is 0 Å². The number of halogens is 1. The van der Waals surface area contributed by atoms with Gasteiger partial charge in [-0.2, -0.15) is 0 Å². The number of amides is 1. The van der Waals surface area contributed by atoms with E-state index in [1.807, 2.05) is 0 Å². The van der Waals surface area contributed by atoms with Crippen LogP contribution in [0.15, 0.2) is 24.3 Å². The molecule has 0 heterocycles. The van der Waals surface area contributed by atoms with Gasteiger partial charge in [-0.05, 0) is 16.5 Å². The summed E-state index contributed by atoms with van der Waals surface area (Å²) in [5.74, 6) is -0.0396. The fraction of sp³-hybridized carbons (Fsp3) is 0.562. The van der Waals surface area contributed by atoms with E-state index in [4.69, 9.17) is 10.5 Å². The average Bonchev–Trinajstić information content (AvgIpc) is 2.42. The molecule has 1 aromatic rings. The van der Waals surface area contributed by atoms with Gasteiger partial charge < -0.3 is 15.8 Å². The summed E-state index contributed by atoms with van der Waals surface area (Å²) < 4.78 is 5.09. The first-order chi connectivity index (χ1) is 9.36. The molecule has 0 radical (unpaired) electrons. The molecule has 0 saturated heterocycles. The highest BCUT2D eigenvalue weighted by atomic mass is 35.5. The summed E-state index contributed by atoms with van der Waals surface area (Å²) in [5.41, 5.74) is 8.02. The molecular formula is C16H27ClN2O2. The highest BCUT2D eigenvalue weighted by molar-refractivity contribution is 5.85. The minimum Gasteiger partial charge on any atom is -0.380 e. The molecule has 0 bridgehead atoms. The second-order valence-corrected chi connectivity index (χ2v) is 6.02. The molecule has 0 saturated carbocycles. The summed E-state index contributed by atoms with van der Waals surface area (Å²) >= 11 is 0. The fourth-order valence-electron chi connectivity index (χ4n) is 1.87. The molecule has 0 fully saturated rings. The van der Waals surface area contributed by atoms with Gasteiger partial charge in [-0.15, -0.1) is 12.4 Å². The molecule has 0 aliphatic heterocycles. The lowest BCUT2D eigenvalue weighted by molar-refractivity contribution is -0.123. The third-order valence-electron chi connectivity index (χ3n) is 3.32. The standard InChI is InChI=1S/C16H26N2O2.ClH/c1-16(2,3)13-7-5-12(6-8-13)11-18-15(19)9-14(10-17)20-4;/h5-8,14H,9-11,17H2,1-4H3,(H,18,19);1H. The van der Waals surface area contributed by atoms with Crippen LogP contribution >= 0.6 is 12.4 Å². The van der Waals surface area contributed by atoms with Crippen LogP contribution in [-0.4, -0.2) is 25.7 Å². The van der Waals surface area contributed by atoms with Crippen molar-refractivity contribution in [2.75, 3.05) is 13.7 Å². The number of carbonyl (C=O) groups is 1. The minimum atomic E-state index is -0.210. The van der Waals surface area contributed by atoms with E-state index in [0.717, 1.165) is 5.56 Å². The van der Waals surface area contributed by atoms with E-state index < -0.39 is 0 Å². The number of nitrogens with two attached hydrogens (primary N) is 1. The van der Waals surface area contributed by atoms with Gasteiger partial charge in [0.25, 0.3) is 0 Å². The number of carbonyl (C=O) groups excluding carboxylic acids is 1. The molecule has 1 rings (SSSR count). The normalized spacial score (nSPS) is 12.4. The van der Waals surface area contributed by atoms with Crippen LogP contribution in [0.1, 0.15) is 38.3 Å². The van der Waals surface area contributed by atoms with Crippen molar-refractivity contribution in [2.24, 2.45) is 5.73 Å². The maximum atomic E-state index is 11.7. The van der Waals surface area contributed by atoms with E-state index in [-0.39, 0.29) is 29.8 Å². The van der Waals surface area contributed by atoms with Gasteiger partial charge in [0.1, 0.15) is 0 Å². The maximum Gasteiger partial charge on any atom is 0.222 e. The predicted molar refractivity (Wildman–Crippen MR) is 88.7 cm³/mol. The van der Waals surface area contributed by atoms with Gasteiger partial charge in [0.15, 0.2) is 0 Å². The van der Waals surface area contributed by atoms with E-state index in [2.05, 4.69) is 50.4 Å². The molecular weight excluding hydrogens is 288 g/mol. The smallest absolute Gasteiger partial charge is 0.222 e. The van der Waals surface area contributed by atoms with Crippen LogP contribution in [-0.2, 0) is 21.5 Å². The Labute approximate surface area is 133 Å². The third kappa shape index (κ3) is 6.93. The minimum absolute atomic E-state index is 0. The molecule has 1 aromatic carbocycles. The van der Waals surface area contributed by atoms with Crippen molar-refractivity contribution in [3.8, 4) is 0 Å². The SMILES string of the molecule is COC(CN)CC(=O)NCc1ccc(C(C)(C)C)cc1.Cl. The molecule has 21 heavy (non-hydrogen) atoms. The van der Waals surface area contributed by atoms with Crippen molar-refractivity contribution < 1.29 is 9.53 Å². The molecule has 1 amide bonds. The van der Waals surface area contributed by atoms with E-state index in [1.165, 1.54) is 5.56 Å². The Balaban J connectivity index is 0.00000400. The van der Waals surface area contributed by atoms with Crippen molar-refractivity contribution in [1.29, 1.82) is 0 Å². The molecule has 3 N–H and O–H groups in total. The summed E-state index contributed by atoms with van der Waals surface area (Å²) in [6, 6.07) is 8.33. The summed E-state index contributed by atoms with van der Waals surface area (Å²) in [7, 11) is 1.57. The van der Waals surface area contributed by atoms with Gasteiger partial charge >= 0.3 is 0 Å². The molecule has 0 spiro atoms. The Morgan fingerprint density at radius 1 is 1.29 bits per heavy atom. The van der Waals surface area contributed by atoms with E-state index >= 15 is 0 Å². The molecule has 1 unspecified atom stereocenters. The summed E-state index contributed by atoms with van der Waals surface area (Å²) in [5, 5.41) is 2.88. The third-order valence-corrected chi connectivity index (χ3v) is 3.32. The van der Waals surface area contributed by atoms with E-state index in [0.29, 0.717) is 19.5 Å². The number of benzene rings is 1. The zero-order valence-corrected chi connectivity index (χ0v) is 14.1. The van der Waals surface area contributed by atoms with Crippen molar-refractivity contribution in [2.45, 2.75) is 45.3 Å². The summed E-state index contributed by atoms with van der Waals surface area (Å²) in [6.45, 7) is 7.43. The van der Waals surface area contributed by atoms with E-state index in [9.17, 15) is 4.79 Å². The first-order valence-electron chi connectivity index (χ1n) is 6.95. The van der Waals surface area contributed by atoms with Crippen LogP contribution in [0.3, 0.4) is 0 Å². The number of nitrogens with one attached hydrogen (secondary N) is 1. The van der Waals surface area contributed by atoms with Gasteiger partial charge in [0.2, 0.25) is 5.91 Å². The predicted octanol–water partition coefficient (Wildman–Crippen LogP) is 2.39. The Morgan fingerprint density at radius 3 is 2.29 bits per heavy atom. The van der Waals surface area contributed by atoms with Gasteiger partial charge in [-0.1, -0.05) is 45.0 Å². The highest BCUT2D eigenvalue weighted by Crippen LogP contribution is 2.22. The summed E-state index contributed by atoms with van der Waals surface area (Å²) in [6.07, 6.45) is 0.0887. The van der Waals surface area contributed by atoms with Gasteiger partial charge in [0, 0.05) is 20.2 Å². The van der Waals surface area contributed by atoms with Crippen LogP contribution in [0.2, 0.25) is 0 Å². The van der Waals surface area contributed by atoms with Crippen LogP contribution < -0.4 is 11.1 Å². The lowest BCUT2D eigenvalue weighted by atomic mass is 9.87. The zero-order valence-electron chi connectivity index (χ0n) is 13.3. The summed E-state index contributed by atoms with van der Waals surface area (Å²) in [4.78, 5) is 11.7. The first-order valence-corrected chi connectivity index (χ1v) is 6.95.